The lowest BCUT2D eigenvalue weighted by molar-refractivity contribution is 0.191. The summed E-state index contributed by atoms with van der Waals surface area (Å²) in [5, 5.41) is 13.2. The summed E-state index contributed by atoms with van der Waals surface area (Å²) >= 11 is 3.49. The average molecular weight is 307 g/mol. The van der Waals surface area contributed by atoms with Gasteiger partial charge in [0.15, 0.2) is 0 Å². The summed E-state index contributed by atoms with van der Waals surface area (Å²) in [6, 6.07) is 9.72. The van der Waals surface area contributed by atoms with Gasteiger partial charge in [-0.1, -0.05) is 28.1 Å². The molecule has 0 saturated carbocycles. The third-order valence-corrected chi connectivity index (χ3v) is 3.59. The van der Waals surface area contributed by atoms with Gasteiger partial charge in [0.25, 0.3) is 0 Å². The van der Waals surface area contributed by atoms with E-state index < -0.39 is 6.10 Å². The summed E-state index contributed by atoms with van der Waals surface area (Å²) < 4.78 is 1.06. The van der Waals surface area contributed by atoms with E-state index in [1.165, 1.54) is 5.56 Å². The number of aliphatic hydroxyl groups excluding tert-OH is 1. The van der Waals surface area contributed by atoms with Crippen LogP contribution in [0.1, 0.15) is 17.2 Å². The Morgan fingerprint density at radius 3 is 2.89 bits per heavy atom. The molecule has 2 rings (SSSR count). The molecule has 0 radical (unpaired) electrons. The minimum absolute atomic E-state index is 0.460. The number of aryl methyl sites for hydroxylation is 1. The highest BCUT2D eigenvalue weighted by Gasteiger charge is 2.07. The van der Waals surface area contributed by atoms with E-state index in [4.69, 9.17) is 0 Å². The molecule has 2 aromatic rings. The van der Waals surface area contributed by atoms with Crippen LogP contribution < -0.4 is 5.32 Å². The topological polar surface area (TPSA) is 45.1 Å². The van der Waals surface area contributed by atoms with Gasteiger partial charge in [0.05, 0.1) is 6.10 Å². The van der Waals surface area contributed by atoms with Crippen molar-refractivity contribution in [1.29, 1.82) is 0 Å². The Bertz CT molecular complexity index is 516. The van der Waals surface area contributed by atoms with Gasteiger partial charge in [-0.15, -0.1) is 0 Å². The number of rotatable bonds is 4. The van der Waals surface area contributed by atoms with Crippen LogP contribution in [0.15, 0.2) is 47.2 Å². The molecule has 1 heterocycles. The Morgan fingerprint density at radius 2 is 2.22 bits per heavy atom. The summed E-state index contributed by atoms with van der Waals surface area (Å²) in [5.74, 6) is 0. The van der Waals surface area contributed by atoms with Crippen molar-refractivity contribution in [2.75, 3.05) is 11.9 Å². The van der Waals surface area contributed by atoms with Gasteiger partial charge >= 0.3 is 0 Å². The molecule has 0 bridgehead atoms. The van der Waals surface area contributed by atoms with E-state index in [9.17, 15) is 5.11 Å². The third-order valence-electron chi connectivity index (χ3n) is 2.74. The number of nitrogens with zero attached hydrogens (tertiary/aromatic N) is 1. The maximum Gasteiger partial charge on any atom is 0.0977 e. The van der Waals surface area contributed by atoms with Crippen LogP contribution in [0.5, 0.6) is 0 Å². The Labute approximate surface area is 115 Å². The first kappa shape index (κ1) is 13.1. The summed E-state index contributed by atoms with van der Waals surface area (Å²) in [7, 11) is 0. The van der Waals surface area contributed by atoms with Crippen LogP contribution in [0, 0.1) is 6.92 Å². The van der Waals surface area contributed by atoms with Gasteiger partial charge in [0, 0.05) is 34.7 Å². The summed E-state index contributed by atoms with van der Waals surface area (Å²) in [6.45, 7) is 2.50. The molecule has 1 atom stereocenters. The predicted molar refractivity (Wildman–Crippen MR) is 76.6 cm³/mol. The SMILES string of the molecule is Cc1ccc(NCC(O)c2cccnc2)cc1Br. The van der Waals surface area contributed by atoms with Gasteiger partial charge in [-0.3, -0.25) is 4.98 Å². The summed E-state index contributed by atoms with van der Waals surface area (Å²) in [6.07, 6.45) is 2.82. The van der Waals surface area contributed by atoms with Crippen molar-refractivity contribution in [3.63, 3.8) is 0 Å². The molecule has 1 aromatic carbocycles. The van der Waals surface area contributed by atoms with Gasteiger partial charge in [-0.2, -0.15) is 0 Å². The number of hydrogen-bond acceptors (Lipinski definition) is 3. The molecule has 0 aliphatic heterocycles. The second-order valence-corrected chi connectivity index (χ2v) is 5.00. The number of aliphatic hydroxyl groups is 1. The number of anilines is 1. The van der Waals surface area contributed by atoms with Gasteiger partial charge in [-0.05, 0) is 30.7 Å². The van der Waals surface area contributed by atoms with Crippen LogP contribution in [-0.2, 0) is 0 Å². The van der Waals surface area contributed by atoms with Crippen LogP contribution in [0.25, 0.3) is 0 Å². The zero-order valence-electron chi connectivity index (χ0n) is 10.1. The first-order valence-electron chi connectivity index (χ1n) is 5.75. The highest BCUT2D eigenvalue weighted by molar-refractivity contribution is 9.10. The average Bonchev–Trinajstić information content (AvgIpc) is 2.41. The van der Waals surface area contributed by atoms with Crippen molar-refractivity contribution < 1.29 is 5.11 Å². The molecule has 0 saturated heterocycles. The van der Waals surface area contributed by atoms with Gasteiger partial charge in [0.1, 0.15) is 0 Å². The highest BCUT2D eigenvalue weighted by Crippen LogP contribution is 2.21. The molecule has 1 unspecified atom stereocenters. The van der Waals surface area contributed by atoms with Crippen LogP contribution in [0.3, 0.4) is 0 Å². The van der Waals surface area contributed by atoms with E-state index in [0.717, 1.165) is 15.7 Å². The number of aromatic nitrogens is 1. The van der Waals surface area contributed by atoms with E-state index in [1.54, 1.807) is 12.4 Å². The molecule has 0 aliphatic rings. The third kappa shape index (κ3) is 3.31. The van der Waals surface area contributed by atoms with E-state index in [2.05, 4.69) is 26.2 Å². The lowest BCUT2D eigenvalue weighted by Gasteiger charge is -2.13. The molecule has 2 N–H and O–H groups in total. The second kappa shape index (κ2) is 5.98. The minimum atomic E-state index is -0.557. The van der Waals surface area contributed by atoms with Crippen molar-refractivity contribution in [3.05, 3.63) is 58.3 Å². The fourth-order valence-corrected chi connectivity index (χ4v) is 1.99. The molecule has 0 fully saturated rings. The molecule has 0 amide bonds. The molecule has 18 heavy (non-hydrogen) atoms. The van der Waals surface area contributed by atoms with Crippen molar-refractivity contribution in [2.24, 2.45) is 0 Å². The number of hydrogen-bond donors (Lipinski definition) is 2. The Balaban J connectivity index is 1.97. The van der Waals surface area contributed by atoms with Gasteiger partial charge in [0.2, 0.25) is 0 Å². The minimum Gasteiger partial charge on any atom is -0.387 e. The second-order valence-electron chi connectivity index (χ2n) is 4.15. The molecular weight excluding hydrogens is 292 g/mol. The monoisotopic (exact) mass is 306 g/mol. The first-order chi connectivity index (χ1) is 8.66. The fourth-order valence-electron chi connectivity index (χ4n) is 1.61. The lowest BCUT2D eigenvalue weighted by atomic mass is 10.1. The fraction of sp³-hybridized carbons (Fsp3) is 0.214. The largest absolute Gasteiger partial charge is 0.387 e. The standard InChI is InChI=1S/C14H15BrN2O/c1-10-4-5-12(7-13(10)15)17-9-14(18)11-3-2-6-16-8-11/h2-8,14,17-18H,9H2,1H3. The molecule has 94 valence electrons. The maximum absolute atomic E-state index is 9.99. The number of pyridine rings is 1. The predicted octanol–water partition coefficient (Wildman–Crippen LogP) is 3.30. The Morgan fingerprint density at radius 1 is 1.39 bits per heavy atom. The zero-order valence-corrected chi connectivity index (χ0v) is 11.7. The van der Waals surface area contributed by atoms with Crippen LogP contribution in [0.2, 0.25) is 0 Å². The van der Waals surface area contributed by atoms with E-state index >= 15 is 0 Å². The van der Waals surface area contributed by atoms with Crippen molar-refractivity contribution in [3.8, 4) is 0 Å². The zero-order chi connectivity index (χ0) is 13.0. The molecule has 0 aliphatic carbocycles. The molecule has 1 aromatic heterocycles. The maximum atomic E-state index is 9.99. The summed E-state index contributed by atoms with van der Waals surface area (Å²) in [4.78, 5) is 3.99. The van der Waals surface area contributed by atoms with E-state index in [0.29, 0.717) is 6.54 Å². The molecule has 3 nitrogen and oxygen atoms in total. The number of nitrogens with one attached hydrogen (secondary N) is 1. The summed E-state index contributed by atoms with van der Waals surface area (Å²) in [5.41, 5.74) is 2.99. The molecule has 4 heteroatoms. The van der Waals surface area contributed by atoms with E-state index in [1.807, 2.05) is 37.3 Å². The lowest BCUT2D eigenvalue weighted by Crippen LogP contribution is -2.12. The van der Waals surface area contributed by atoms with Gasteiger partial charge in [-0.25, -0.2) is 0 Å². The smallest absolute Gasteiger partial charge is 0.0977 e. The van der Waals surface area contributed by atoms with Crippen LogP contribution >= 0.6 is 15.9 Å². The molecular formula is C14H15BrN2O. The van der Waals surface area contributed by atoms with Gasteiger partial charge < -0.3 is 10.4 Å². The highest BCUT2D eigenvalue weighted by atomic mass is 79.9. The molecule has 0 spiro atoms. The van der Waals surface area contributed by atoms with E-state index in [-0.39, 0.29) is 0 Å². The van der Waals surface area contributed by atoms with Crippen LogP contribution in [-0.4, -0.2) is 16.6 Å². The number of benzene rings is 1. The Kier molecular flexibility index (Phi) is 4.33. The van der Waals surface area contributed by atoms with Crippen molar-refractivity contribution >= 4 is 21.6 Å². The van der Waals surface area contributed by atoms with Crippen molar-refractivity contribution in [1.82, 2.24) is 4.98 Å². The van der Waals surface area contributed by atoms with Crippen LogP contribution in [0.4, 0.5) is 5.69 Å². The Hall–Kier alpha value is -1.39. The number of halogens is 1. The van der Waals surface area contributed by atoms with Crippen molar-refractivity contribution in [2.45, 2.75) is 13.0 Å². The first-order valence-corrected chi connectivity index (χ1v) is 6.54. The quantitative estimate of drug-likeness (QED) is 0.911. The normalized spacial score (nSPS) is 12.2.